The van der Waals surface area contributed by atoms with Crippen LogP contribution in [-0.4, -0.2) is 41.5 Å². The number of rotatable bonds is 13. The van der Waals surface area contributed by atoms with Crippen molar-refractivity contribution in [3.63, 3.8) is 0 Å². The van der Waals surface area contributed by atoms with Crippen LogP contribution in [0.1, 0.15) is 60.7 Å². The minimum atomic E-state index is -0.918. The van der Waals surface area contributed by atoms with Crippen molar-refractivity contribution in [3.8, 4) is 0 Å². The standard InChI is InChI=1S/C24H31NO4/c1-3-29-23(21-10-5-4-6-11-21)18-25(16-8-7-9-19(2)26)17-20-12-14-22(15-13-20)24(27)28/h4-6,10-15,23H,3,7-9,16-18H2,1-2H3,(H,27,28)/t23-/m0/s1. The first-order valence-corrected chi connectivity index (χ1v) is 10.2. The summed E-state index contributed by atoms with van der Waals surface area (Å²) in [5.74, 6) is -0.699. The van der Waals surface area contributed by atoms with E-state index in [1.807, 2.05) is 37.3 Å². The smallest absolute Gasteiger partial charge is 0.335 e. The molecule has 0 heterocycles. The first-order chi connectivity index (χ1) is 14.0. The topological polar surface area (TPSA) is 66.8 Å². The fourth-order valence-corrected chi connectivity index (χ4v) is 3.31. The van der Waals surface area contributed by atoms with Crippen LogP contribution >= 0.6 is 0 Å². The van der Waals surface area contributed by atoms with E-state index in [9.17, 15) is 9.59 Å². The van der Waals surface area contributed by atoms with E-state index in [4.69, 9.17) is 9.84 Å². The van der Waals surface area contributed by atoms with E-state index in [-0.39, 0.29) is 11.9 Å². The summed E-state index contributed by atoms with van der Waals surface area (Å²) >= 11 is 0. The molecule has 0 aromatic heterocycles. The van der Waals surface area contributed by atoms with Crippen LogP contribution in [0.25, 0.3) is 0 Å². The van der Waals surface area contributed by atoms with Gasteiger partial charge in [0.2, 0.25) is 0 Å². The fourth-order valence-electron chi connectivity index (χ4n) is 3.31. The zero-order chi connectivity index (χ0) is 21.1. The number of ether oxygens (including phenoxy) is 1. The molecule has 0 radical (unpaired) electrons. The van der Waals surface area contributed by atoms with Crippen molar-refractivity contribution in [1.29, 1.82) is 0 Å². The number of carboxylic acids is 1. The Kier molecular flexibility index (Phi) is 9.54. The van der Waals surface area contributed by atoms with Crippen LogP contribution in [0.15, 0.2) is 54.6 Å². The van der Waals surface area contributed by atoms with Crippen LogP contribution in [0.4, 0.5) is 0 Å². The molecule has 0 bridgehead atoms. The van der Waals surface area contributed by atoms with Gasteiger partial charge in [-0.2, -0.15) is 0 Å². The van der Waals surface area contributed by atoms with Crippen molar-refractivity contribution in [3.05, 3.63) is 71.3 Å². The van der Waals surface area contributed by atoms with Crippen molar-refractivity contribution in [2.24, 2.45) is 0 Å². The van der Waals surface area contributed by atoms with E-state index in [0.29, 0.717) is 25.1 Å². The molecule has 0 saturated carbocycles. The fraction of sp³-hybridized carbons (Fsp3) is 0.417. The molecular formula is C24H31NO4. The van der Waals surface area contributed by atoms with Gasteiger partial charge in [0.05, 0.1) is 11.7 Å². The van der Waals surface area contributed by atoms with Gasteiger partial charge in [-0.3, -0.25) is 4.90 Å². The summed E-state index contributed by atoms with van der Waals surface area (Å²) in [5.41, 5.74) is 2.49. The van der Waals surface area contributed by atoms with Gasteiger partial charge in [-0.05, 0) is 56.5 Å². The number of carboxylic acid groups (broad SMARTS) is 1. The van der Waals surface area contributed by atoms with E-state index in [1.54, 1.807) is 19.1 Å². The number of aromatic carboxylic acids is 1. The van der Waals surface area contributed by atoms with E-state index >= 15 is 0 Å². The molecule has 0 saturated heterocycles. The lowest BCUT2D eigenvalue weighted by atomic mass is 10.1. The first kappa shape index (κ1) is 22.8. The zero-order valence-corrected chi connectivity index (χ0v) is 17.3. The van der Waals surface area contributed by atoms with Crippen LogP contribution in [-0.2, 0) is 16.1 Å². The molecule has 0 unspecified atom stereocenters. The minimum Gasteiger partial charge on any atom is -0.478 e. The molecule has 1 atom stereocenters. The number of benzene rings is 2. The molecule has 2 rings (SSSR count). The number of Topliss-reactive ketones (excluding diaryl/α,β-unsaturated/α-hetero) is 1. The zero-order valence-electron chi connectivity index (χ0n) is 17.3. The number of nitrogens with zero attached hydrogens (tertiary/aromatic N) is 1. The summed E-state index contributed by atoms with van der Waals surface area (Å²) in [6.45, 7) is 6.55. The average molecular weight is 398 g/mol. The Hall–Kier alpha value is -2.50. The van der Waals surface area contributed by atoms with Gasteiger partial charge >= 0.3 is 5.97 Å². The predicted molar refractivity (Wildman–Crippen MR) is 114 cm³/mol. The maximum absolute atomic E-state index is 11.2. The Morgan fingerprint density at radius 1 is 1.03 bits per heavy atom. The molecule has 0 spiro atoms. The maximum Gasteiger partial charge on any atom is 0.335 e. The molecule has 0 aliphatic rings. The molecule has 2 aromatic rings. The molecule has 1 N–H and O–H groups in total. The van der Waals surface area contributed by atoms with Gasteiger partial charge < -0.3 is 14.6 Å². The molecule has 0 fully saturated rings. The molecule has 0 aliphatic heterocycles. The lowest BCUT2D eigenvalue weighted by molar-refractivity contribution is -0.117. The van der Waals surface area contributed by atoms with Gasteiger partial charge in [0, 0.05) is 26.1 Å². The predicted octanol–water partition coefficient (Wildman–Crippen LogP) is 4.72. The Morgan fingerprint density at radius 3 is 2.31 bits per heavy atom. The number of carbonyl (C=O) groups is 2. The van der Waals surface area contributed by atoms with Gasteiger partial charge in [-0.25, -0.2) is 4.79 Å². The highest BCUT2D eigenvalue weighted by molar-refractivity contribution is 5.87. The summed E-state index contributed by atoms with van der Waals surface area (Å²) in [5, 5.41) is 9.10. The second kappa shape index (κ2) is 12.1. The van der Waals surface area contributed by atoms with Crippen LogP contribution in [0.3, 0.4) is 0 Å². The van der Waals surface area contributed by atoms with E-state index in [0.717, 1.165) is 37.1 Å². The van der Waals surface area contributed by atoms with Crippen molar-refractivity contribution in [1.82, 2.24) is 4.90 Å². The Morgan fingerprint density at radius 2 is 1.72 bits per heavy atom. The van der Waals surface area contributed by atoms with Crippen molar-refractivity contribution < 1.29 is 19.4 Å². The monoisotopic (exact) mass is 397 g/mol. The van der Waals surface area contributed by atoms with Crippen LogP contribution in [0.5, 0.6) is 0 Å². The van der Waals surface area contributed by atoms with Gasteiger partial charge in [0.25, 0.3) is 0 Å². The lowest BCUT2D eigenvalue weighted by Crippen LogP contribution is -2.30. The van der Waals surface area contributed by atoms with Crippen molar-refractivity contribution in [2.45, 2.75) is 45.8 Å². The number of unbranched alkanes of at least 4 members (excludes halogenated alkanes) is 1. The molecule has 5 heteroatoms. The van der Waals surface area contributed by atoms with E-state index in [2.05, 4.69) is 17.0 Å². The second-order valence-corrected chi connectivity index (χ2v) is 7.25. The summed E-state index contributed by atoms with van der Waals surface area (Å²) < 4.78 is 6.02. The Balaban J connectivity index is 2.09. The van der Waals surface area contributed by atoms with Gasteiger partial charge in [-0.1, -0.05) is 42.5 Å². The normalized spacial score (nSPS) is 12.1. The van der Waals surface area contributed by atoms with E-state index < -0.39 is 5.97 Å². The molecule has 156 valence electrons. The van der Waals surface area contributed by atoms with Crippen LogP contribution in [0, 0.1) is 0 Å². The number of hydrogen-bond acceptors (Lipinski definition) is 4. The third kappa shape index (κ3) is 8.18. The third-order valence-electron chi connectivity index (χ3n) is 4.82. The molecule has 5 nitrogen and oxygen atoms in total. The second-order valence-electron chi connectivity index (χ2n) is 7.25. The summed E-state index contributed by atoms with van der Waals surface area (Å²) in [7, 11) is 0. The van der Waals surface area contributed by atoms with E-state index in [1.165, 1.54) is 0 Å². The number of carbonyl (C=O) groups excluding carboxylic acids is 1. The molecule has 29 heavy (non-hydrogen) atoms. The summed E-state index contributed by atoms with van der Waals surface area (Å²) in [4.78, 5) is 24.6. The summed E-state index contributed by atoms with van der Waals surface area (Å²) in [6.07, 6.45) is 2.37. The Labute approximate surface area is 173 Å². The number of hydrogen-bond donors (Lipinski definition) is 1. The molecular weight excluding hydrogens is 366 g/mol. The molecule has 2 aromatic carbocycles. The molecule has 0 aliphatic carbocycles. The van der Waals surface area contributed by atoms with Gasteiger partial charge in [-0.15, -0.1) is 0 Å². The maximum atomic E-state index is 11.2. The highest BCUT2D eigenvalue weighted by Crippen LogP contribution is 2.20. The minimum absolute atomic E-state index is 0.0349. The summed E-state index contributed by atoms with van der Waals surface area (Å²) in [6, 6.07) is 17.2. The highest BCUT2D eigenvalue weighted by atomic mass is 16.5. The quantitative estimate of drug-likeness (QED) is 0.495. The Bertz CT molecular complexity index is 758. The molecule has 0 amide bonds. The third-order valence-corrected chi connectivity index (χ3v) is 4.82. The van der Waals surface area contributed by atoms with Gasteiger partial charge in [0.1, 0.15) is 5.78 Å². The highest BCUT2D eigenvalue weighted by Gasteiger charge is 2.17. The first-order valence-electron chi connectivity index (χ1n) is 10.2. The van der Waals surface area contributed by atoms with Crippen LogP contribution < -0.4 is 0 Å². The average Bonchev–Trinajstić information content (AvgIpc) is 2.71. The van der Waals surface area contributed by atoms with Crippen molar-refractivity contribution in [2.75, 3.05) is 19.7 Å². The SMILES string of the molecule is CCO[C@@H](CN(CCCCC(C)=O)Cc1ccc(C(=O)O)cc1)c1ccccc1. The largest absolute Gasteiger partial charge is 0.478 e. The van der Waals surface area contributed by atoms with Gasteiger partial charge in [0.15, 0.2) is 0 Å². The number of ketones is 1. The van der Waals surface area contributed by atoms with Crippen molar-refractivity contribution >= 4 is 11.8 Å². The van der Waals surface area contributed by atoms with Crippen LogP contribution in [0.2, 0.25) is 0 Å². The lowest BCUT2D eigenvalue weighted by Gasteiger charge is -2.28.